The summed E-state index contributed by atoms with van der Waals surface area (Å²) in [5.74, 6) is -0.459. The molecule has 0 aliphatic carbocycles. The number of carbonyl (C=O) groups is 1. The number of ether oxygens (including phenoxy) is 1. The van der Waals surface area contributed by atoms with Crippen LogP contribution in [0.2, 0.25) is 0 Å². The predicted octanol–water partition coefficient (Wildman–Crippen LogP) is -0.980. The van der Waals surface area contributed by atoms with Gasteiger partial charge in [-0.15, -0.1) is 0 Å². The maximum absolute atomic E-state index is 12.3. The summed E-state index contributed by atoms with van der Waals surface area (Å²) in [6.45, 7) is 2.79. The molecule has 3 heterocycles. The minimum Gasteiger partial charge on any atom is -0.394 e. The zero-order valence-corrected chi connectivity index (χ0v) is 9.77. The molecule has 92 valence electrons. The van der Waals surface area contributed by atoms with Crippen molar-refractivity contribution >= 4 is 5.78 Å². The van der Waals surface area contributed by atoms with E-state index in [4.69, 9.17) is 4.74 Å². The fourth-order valence-corrected chi connectivity index (χ4v) is 3.06. The molecule has 5 heteroatoms. The second-order valence-electron chi connectivity index (χ2n) is 5.11. The summed E-state index contributed by atoms with van der Waals surface area (Å²) in [5, 5.41) is 19.7. The smallest absolute Gasteiger partial charge is 0.163 e. The Balaban J connectivity index is 2.34. The SMILES string of the molecule is COC[C@@]1(CO)C(=O)[C@H]2CCN1CC2(C)O. The summed E-state index contributed by atoms with van der Waals surface area (Å²) in [6, 6.07) is 0. The lowest BCUT2D eigenvalue weighted by atomic mass is 9.67. The molecule has 3 fully saturated rings. The van der Waals surface area contributed by atoms with Crippen LogP contribution in [-0.2, 0) is 9.53 Å². The van der Waals surface area contributed by atoms with Crippen LogP contribution in [0.4, 0.5) is 0 Å². The number of ketones is 1. The van der Waals surface area contributed by atoms with Crippen LogP contribution in [0.5, 0.6) is 0 Å². The van der Waals surface area contributed by atoms with Crippen LogP contribution in [-0.4, -0.2) is 65.4 Å². The average molecular weight is 229 g/mol. The van der Waals surface area contributed by atoms with E-state index in [2.05, 4.69) is 0 Å². The lowest BCUT2D eigenvalue weighted by molar-refractivity contribution is -0.188. The first-order chi connectivity index (χ1) is 7.48. The highest BCUT2D eigenvalue weighted by atomic mass is 16.5. The second kappa shape index (κ2) is 3.77. The summed E-state index contributed by atoms with van der Waals surface area (Å²) in [4.78, 5) is 14.2. The van der Waals surface area contributed by atoms with E-state index in [0.29, 0.717) is 13.0 Å². The molecule has 3 aliphatic rings. The number of aliphatic hydroxyl groups excluding tert-OH is 1. The van der Waals surface area contributed by atoms with Crippen LogP contribution in [0.25, 0.3) is 0 Å². The molecule has 2 N–H and O–H groups in total. The normalized spacial score (nSPS) is 47.4. The predicted molar refractivity (Wildman–Crippen MR) is 57.0 cm³/mol. The largest absolute Gasteiger partial charge is 0.394 e. The van der Waals surface area contributed by atoms with Crippen LogP contribution in [0.15, 0.2) is 0 Å². The Morgan fingerprint density at radius 1 is 1.62 bits per heavy atom. The maximum Gasteiger partial charge on any atom is 0.163 e. The van der Waals surface area contributed by atoms with Crippen LogP contribution in [0, 0.1) is 5.92 Å². The number of rotatable bonds is 3. The molecule has 5 nitrogen and oxygen atoms in total. The summed E-state index contributed by atoms with van der Waals surface area (Å²) in [6.07, 6.45) is 0.664. The van der Waals surface area contributed by atoms with Gasteiger partial charge in [0.05, 0.1) is 24.7 Å². The number of piperidine rings is 3. The van der Waals surface area contributed by atoms with Crippen molar-refractivity contribution in [3.63, 3.8) is 0 Å². The van der Waals surface area contributed by atoms with Crippen molar-refractivity contribution in [1.29, 1.82) is 0 Å². The van der Waals surface area contributed by atoms with E-state index in [1.54, 1.807) is 6.92 Å². The molecule has 2 bridgehead atoms. The molecule has 0 aromatic carbocycles. The van der Waals surface area contributed by atoms with Gasteiger partial charge < -0.3 is 14.9 Å². The number of hydrogen-bond acceptors (Lipinski definition) is 5. The van der Waals surface area contributed by atoms with Crippen molar-refractivity contribution < 1.29 is 19.7 Å². The van der Waals surface area contributed by atoms with Gasteiger partial charge in [0.1, 0.15) is 5.54 Å². The van der Waals surface area contributed by atoms with Gasteiger partial charge in [0.15, 0.2) is 5.78 Å². The third kappa shape index (κ3) is 1.43. The van der Waals surface area contributed by atoms with Crippen molar-refractivity contribution in [2.75, 3.05) is 33.4 Å². The lowest BCUT2D eigenvalue weighted by Crippen LogP contribution is -2.75. The van der Waals surface area contributed by atoms with E-state index in [9.17, 15) is 15.0 Å². The van der Waals surface area contributed by atoms with E-state index in [-0.39, 0.29) is 24.9 Å². The molecule has 0 amide bonds. The minimum absolute atomic E-state index is 0.0839. The van der Waals surface area contributed by atoms with Crippen LogP contribution >= 0.6 is 0 Å². The van der Waals surface area contributed by atoms with Gasteiger partial charge in [-0.05, 0) is 13.3 Å². The zero-order valence-electron chi connectivity index (χ0n) is 9.77. The van der Waals surface area contributed by atoms with Gasteiger partial charge in [0.2, 0.25) is 0 Å². The number of Topliss-reactive ketones (excluding diaryl/α,β-unsaturated/α-hetero) is 1. The van der Waals surface area contributed by atoms with E-state index in [1.807, 2.05) is 4.90 Å². The van der Waals surface area contributed by atoms with Crippen molar-refractivity contribution in [2.45, 2.75) is 24.5 Å². The van der Waals surface area contributed by atoms with Crippen molar-refractivity contribution in [1.82, 2.24) is 4.90 Å². The first-order valence-electron chi connectivity index (χ1n) is 5.59. The van der Waals surface area contributed by atoms with E-state index >= 15 is 0 Å². The van der Waals surface area contributed by atoms with Gasteiger partial charge in [-0.1, -0.05) is 0 Å². The Hall–Kier alpha value is -0.490. The Bertz CT molecular complexity index is 304. The van der Waals surface area contributed by atoms with Gasteiger partial charge in [0.25, 0.3) is 0 Å². The van der Waals surface area contributed by atoms with E-state index in [1.165, 1.54) is 7.11 Å². The maximum atomic E-state index is 12.3. The van der Waals surface area contributed by atoms with Crippen molar-refractivity contribution in [3.05, 3.63) is 0 Å². The average Bonchev–Trinajstić information content (AvgIpc) is 2.22. The summed E-state index contributed by atoms with van der Waals surface area (Å²) in [5.41, 5.74) is -1.90. The molecule has 4 atom stereocenters. The Morgan fingerprint density at radius 2 is 2.31 bits per heavy atom. The van der Waals surface area contributed by atoms with Gasteiger partial charge >= 0.3 is 0 Å². The molecular weight excluding hydrogens is 210 g/mol. The first-order valence-corrected chi connectivity index (χ1v) is 5.59. The number of aliphatic hydroxyl groups is 2. The standard InChI is InChI=1S/C11H19NO4/c1-10(15)5-12-4-3-8(10)9(14)11(12,6-13)7-16-2/h8,13,15H,3-7H2,1-2H3/t8-,10?,11+/m1/s1. The number of nitrogens with zero attached hydrogens (tertiary/aromatic N) is 1. The molecule has 2 unspecified atom stereocenters. The molecule has 3 rings (SSSR count). The molecule has 0 aromatic rings. The molecule has 3 aliphatic heterocycles. The van der Waals surface area contributed by atoms with Gasteiger partial charge in [0, 0.05) is 20.2 Å². The third-order valence-corrected chi connectivity index (χ3v) is 3.97. The highest BCUT2D eigenvalue weighted by molar-refractivity contribution is 5.93. The zero-order chi connectivity index (χ0) is 12.0. The molecule has 0 radical (unpaired) electrons. The Labute approximate surface area is 95.0 Å². The van der Waals surface area contributed by atoms with Crippen LogP contribution in [0.1, 0.15) is 13.3 Å². The minimum atomic E-state index is -0.970. The molecule has 0 saturated carbocycles. The quantitative estimate of drug-likeness (QED) is 0.651. The van der Waals surface area contributed by atoms with Crippen molar-refractivity contribution in [2.24, 2.45) is 5.92 Å². The van der Waals surface area contributed by atoms with Crippen LogP contribution < -0.4 is 0 Å². The summed E-state index contributed by atoms with van der Waals surface area (Å²) in [7, 11) is 1.52. The topological polar surface area (TPSA) is 70.0 Å². The summed E-state index contributed by atoms with van der Waals surface area (Å²) >= 11 is 0. The highest BCUT2D eigenvalue weighted by Gasteiger charge is 2.60. The molecular formula is C11H19NO4. The molecule has 0 aromatic heterocycles. The highest BCUT2D eigenvalue weighted by Crippen LogP contribution is 2.41. The molecule has 0 spiro atoms. The molecule has 16 heavy (non-hydrogen) atoms. The second-order valence-corrected chi connectivity index (χ2v) is 5.11. The van der Waals surface area contributed by atoms with Crippen molar-refractivity contribution in [3.8, 4) is 0 Å². The number of fused-ring (bicyclic) bond motifs is 3. The number of methoxy groups -OCH3 is 1. The number of carbonyl (C=O) groups excluding carboxylic acids is 1. The lowest BCUT2D eigenvalue weighted by Gasteiger charge is -2.57. The van der Waals surface area contributed by atoms with E-state index < -0.39 is 11.1 Å². The Kier molecular flexibility index (Phi) is 2.82. The fourth-order valence-electron chi connectivity index (χ4n) is 3.06. The monoisotopic (exact) mass is 229 g/mol. The van der Waals surface area contributed by atoms with Gasteiger partial charge in [-0.25, -0.2) is 0 Å². The van der Waals surface area contributed by atoms with Crippen LogP contribution in [0.3, 0.4) is 0 Å². The first kappa shape index (κ1) is 12.0. The number of hydrogen-bond donors (Lipinski definition) is 2. The molecule has 3 saturated heterocycles. The fraction of sp³-hybridized carbons (Fsp3) is 0.909. The van der Waals surface area contributed by atoms with Gasteiger partial charge in [-0.2, -0.15) is 0 Å². The Morgan fingerprint density at radius 3 is 2.75 bits per heavy atom. The third-order valence-electron chi connectivity index (χ3n) is 3.97. The number of β-amino-alcohol motifs (C(OH)–C–C–N with tert-alkyl or cyclic N) is 1. The van der Waals surface area contributed by atoms with Gasteiger partial charge in [-0.3, -0.25) is 9.69 Å². The van der Waals surface area contributed by atoms with E-state index in [0.717, 1.165) is 6.54 Å². The summed E-state index contributed by atoms with van der Waals surface area (Å²) < 4.78 is 5.06.